The molecule has 1 aromatic heterocycles. The second-order valence-electron chi connectivity index (χ2n) is 9.40. The maximum absolute atomic E-state index is 14.2. The van der Waals surface area contributed by atoms with E-state index in [0.29, 0.717) is 30.8 Å². The fourth-order valence-corrected chi connectivity index (χ4v) is 5.62. The SMILES string of the molecule is N[C@H]1C[C@@H](N2CC3Cc4nc(C5CC5)ncc4C3C2)CO[C@@H]1c1cc(F)ccc1F. The summed E-state index contributed by atoms with van der Waals surface area (Å²) in [5.41, 5.74) is 9.15. The van der Waals surface area contributed by atoms with Crippen molar-refractivity contribution in [2.24, 2.45) is 11.7 Å². The van der Waals surface area contributed by atoms with Crippen LogP contribution in [0.5, 0.6) is 0 Å². The van der Waals surface area contributed by atoms with E-state index in [1.807, 2.05) is 0 Å². The first kappa shape index (κ1) is 18.8. The van der Waals surface area contributed by atoms with E-state index in [1.54, 1.807) is 0 Å². The van der Waals surface area contributed by atoms with E-state index in [1.165, 1.54) is 30.2 Å². The first-order valence-electron chi connectivity index (χ1n) is 11.0. The van der Waals surface area contributed by atoms with Gasteiger partial charge in [0, 0.05) is 54.5 Å². The highest BCUT2D eigenvalue weighted by molar-refractivity contribution is 5.33. The van der Waals surface area contributed by atoms with Gasteiger partial charge in [-0.3, -0.25) is 4.90 Å². The van der Waals surface area contributed by atoms with Gasteiger partial charge in [0.15, 0.2) is 0 Å². The first-order chi connectivity index (χ1) is 14.6. The fraction of sp³-hybridized carbons (Fsp3) is 0.565. The number of nitrogens with zero attached hydrogens (tertiary/aromatic N) is 3. The second-order valence-corrected chi connectivity index (χ2v) is 9.40. The van der Waals surface area contributed by atoms with Gasteiger partial charge in [-0.15, -0.1) is 0 Å². The number of nitrogens with two attached hydrogens (primary N) is 1. The van der Waals surface area contributed by atoms with E-state index < -0.39 is 17.7 Å². The Morgan fingerprint density at radius 2 is 2.00 bits per heavy atom. The lowest BCUT2D eigenvalue weighted by atomic mass is 9.93. The Balaban J connectivity index is 1.14. The molecule has 7 heteroatoms. The smallest absolute Gasteiger partial charge is 0.131 e. The van der Waals surface area contributed by atoms with Crippen LogP contribution in [0.25, 0.3) is 0 Å². The van der Waals surface area contributed by atoms with Gasteiger partial charge in [-0.1, -0.05) is 0 Å². The minimum atomic E-state index is -0.603. The number of hydrogen-bond donors (Lipinski definition) is 1. The van der Waals surface area contributed by atoms with Gasteiger partial charge in [0.05, 0.1) is 6.61 Å². The maximum Gasteiger partial charge on any atom is 0.131 e. The van der Waals surface area contributed by atoms with Gasteiger partial charge in [0.1, 0.15) is 23.6 Å². The molecule has 2 saturated heterocycles. The van der Waals surface area contributed by atoms with E-state index in [-0.39, 0.29) is 17.6 Å². The van der Waals surface area contributed by atoms with Crippen molar-refractivity contribution in [3.8, 4) is 0 Å². The molecule has 2 aromatic rings. The molecule has 5 nitrogen and oxygen atoms in total. The van der Waals surface area contributed by atoms with E-state index in [4.69, 9.17) is 15.5 Å². The molecule has 0 radical (unpaired) electrons. The standard InChI is InChI=1S/C23H26F2N4O/c24-14-3-4-19(25)16(6-14)22-20(26)7-15(11-30-22)29-9-13-5-21-17(18(13)10-29)8-27-23(28-21)12-1-2-12/h3-4,6,8,12-13,15,18,20,22H,1-2,5,7,9-11,26H2/t13?,15-,18?,20+,22-/m1/s1. The lowest BCUT2D eigenvalue weighted by molar-refractivity contribution is -0.0479. The van der Waals surface area contributed by atoms with Gasteiger partial charge in [0.25, 0.3) is 0 Å². The molecule has 0 spiro atoms. The first-order valence-corrected chi connectivity index (χ1v) is 11.0. The molecule has 3 fully saturated rings. The summed E-state index contributed by atoms with van der Waals surface area (Å²) in [4.78, 5) is 12.0. The molecule has 6 rings (SSSR count). The fourth-order valence-electron chi connectivity index (χ4n) is 5.62. The summed E-state index contributed by atoms with van der Waals surface area (Å²) in [5.74, 6) is 1.73. The number of rotatable bonds is 3. The highest BCUT2D eigenvalue weighted by Crippen LogP contribution is 2.45. The van der Waals surface area contributed by atoms with Crippen molar-refractivity contribution in [2.75, 3.05) is 19.7 Å². The Bertz CT molecular complexity index is 982. The summed E-state index contributed by atoms with van der Waals surface area (Å²) < 4.78 is 33.8. The molecular formula is C23H26F2N4O. The quantitative estimate of drug-likeness (QED) is 0.840. The summed E-state index contributed by atoms with van der Waals surface area (Å²) in [6.07, 6.45) is 5.65. The van der Waals surface area contributed by atoms with Gasteiger partial charge in [-0.25, -0.2) is 18.7 Å². The van der Waals surface area contributed by atoms with Gasteiger partial charge in [-0.05, 0) is 55.4 Å². The molecule has 5 atom stereocenters. The minimum absolute atomic E-state index is 0.202. The van der Waals surface area contributed by atoms with Crippen molar-refractivity contribution in [2.45, 2.75) is 55.7 Å². The van der Waals surface area contributed by atoms with E-state index in [0.717, 1.165) is 37.5 Å². The van der Waals surface area contributed by atoms with E-state index >= 15 is 0 Å². The van der Waals surface area contributed by atoms with E-state index in [2.05, 4.69) is 16.1 Å². The number of hydrogen-bond acceptors (Lipinski definition) is 5. The van der Waals surface area contributed by atoms with Crippen LogP contribution in [0.3, 0.4) is 0 Å². The van der Waals surface area contributed by atoms with Crippen LogP contribution in [0.4, 0.5) is 8.78 Å². The summed E-state index contributed by atoms with van der Waals surface area (Å²) in [6, 6.07) is 3.30. The molecule has 2 unspecified atom stereocenters. The number of fused-ring (bicyclic) bond motifs is 3. The average molecular weight is 412 g/mol. The third-order valence-corrected chi connectivity index (χ3v) is 7.37. The molecule has 0 amide bonds. The molecule has 4 aliphatic rings. The minimum Gasteiger partial charge on any atom is -0.370 e. The largest absolute Gasteiger partial charge is 0.370 e. The van der Waals surface area contributed by atoms with Crippen molar-refractivity contribution in [1.29, 1.82) is 0 Å². The topological polar surface area (TPSA) is 64.3 Å². The summed E-state index contributed by atoms with van der Waals surface area (Å²) in [7, 11) is 0. The molecular weight excluding hydrogens is 386 g/mol. The van der Waals surface area contributed by atoms with Crippen molar-refractivity contribution < 1.29 is 13.5 Å². The monoisotopic (exact) mass is 412 g/mol. The van der Waals surface area contributed by atoms with Crippen LogP contribution >= 0.6 is 0 Å². The van der Waals surface area contributed by atoms with Crippen LogP contribution in [0, 0.1) is 17.6 Å². The lowest BCUT2D eigenvalue weighted by Crippen LogP contribution is -2.49. The molecule has 0 bridgehead atoms. The number of aromatic nitrogens is 2. The summed E-state index contributed by atoms with van der Waals surface area (Å²) >= 11 is 0. The summed E-state index contributed by atoms with van der Waals surface area (Å²) in [6.45, 7) is 2.45. The zero-order valence-electron chi connectivity index (χ0n) is 16.8. The second kappa shape index (κ2) is 7.04. The molecule has 2 aliphatic heterocycles. The Kier molecular flexibility index (Phi) is 4.41. The van der Waals surface area contributed by atoms with Crippen LogP contribution in [-0.2, 0) is 11.2 Å². The number of likely N-dealkylation sites (tertiary alicyclic amines) is 1. The molecule has 2 N–H and O–H groups in total. The normalized spacial score (nSPS) is 33.5. The van der Waals surface area contributed by atoms with Crippen molar-refractivity contribution in [1.82, 2.24) is 14.9 Å². The van der Waals surface area contributed by atoms with Crippen LogP contribution in [0.1, 0.15) is 59.8 Å². The molecule has 1 saturated carbocycles. The van der Waals surface area contributed by atoms with Gasteiger partial charge < -0.3 is 10.5 Å². The Hall–Kier alpha value is -1.96. The van der Waals surface area contributed by atoms with Gasteiger partial charge in [0.2, 0.25) is 0 Å². The van der Waals surface area contributed by atoms with Crippen molar-refractivity contribution >= 4 is 0 Å². The molecule has 158 valence electrons. The average Bonchev–Trinajstić information content (AvgIpc) is 3.42. The number of halogens is 2. The molecule has 2 aliphatic carbocycles. The van der Waals surface area contributed by atoms with Gasteiger partial charge >= 0.3 is 0 Å². The number of ether oxygens (including phenoxy) is 1. The number of benzene rings is 1. The third-order valence-electron chi connectivity index (χ3n) is 7.37. The summed E-state index contributed by atoms with van der Waals surface area (Å²) in [5, 5.41) is 0. The third kappa shape index (κ3) is 3.15. The maximum atomic E-state index is 14.2. The van der Waals surface area contributed by atoms with Crippen molar-refractivity contribution in [3.63, 3.8) is 0 Å². The van der Waals surface area contributed by atoms with Crippen molar-refractivity contribution in [3.05, 3.63) is 58.7 Å². The van der Waals surface area contributed by atoms with Crippen LogP contribution in [0.15, 0.2) is 24.4 Å². The lowest BCUT2D eigenvalue weighted by Gasteiger charge is -2.39. The Morgan fingerprint density at radius 3 is 2.80 bits per heavy atom. The van der Waals surface area contributed by atoms with Crippen LogP contribution in [0.2, 0.25) is 0 Å². The van der Waals surface area contributed by atoms with Gasteiger partial charge in [-0.2, -0.15) is 0 Å². The van der Waals surface area contributed by atoms with Crippen LogP contribution < -0.4 is 5.73 Å². The molecule has 1 aromatic carbocycles. The predicted octanol–water partition coefficient (Wildman–Crippen LogP) is 3.06. The highest BCUT2D eigenvalue weighted by Gasteiger charge is 2.45. The predicted molar refractivity (Wildman–Crippen MR) is 107 cm³/mol. The van der Waals surface area contributed by atoms with Crippen LogP contribution in [-0.4, -0.2) is 46.6 Å². The zero-order chi connectivity index (χ0) is 20.4. The zero-order valence-corrected chi connectivity index (χ0v) is 16.8. The molecule has 3 heterocycles. The molecule has 30 heavy (non-hydrogen) atoms. The Morgan fingerprint density at radius 1 is 1.13 bits per heavy atom. The Labute approximate surface area is 174 Å². The van der Waals surface area contributed by atoms with E-state index in [9.17, 15) is 8.78 Å². The highest BCUT2D eigenvalue weighted by atomic mass is 19.1.